The highest BCUT2D eigenvalue weighted by atomic mass is 79.9. The molecule has 0 bridgehead atoms. The first-order chi connectivity index (χ1) is 34.3. The molecule has 0 aromatic heterocycles. The van der Waals surface area contributed by atoms with Gasteiger partial charge < -0.3 is 4.74 Å². The predicted octanol–water partition coefficient (Wildman–Crippen LogP) is 19.5. The summed E-state index contributed by atoms with van der Waals surface area (Å²) in [5.74, 6) is 2.52. The number of ether oxygens (including phenoxy) is 1. The topological polar surface area (TPSA) is 9.23 Å². The molecule has 5 aromatic rings. The van der Waals surface area contributed by atoms with Gasteiger partial charge in [0.05, 0.1) is 7.11 Å². The third kappa shape index (κ3) is 12.0. The summed E-state index contributed by atoms with van der Waals surface area (Å²) in [4.78, 5) is 0. The summed E-state index contributed by atoms with van der Waals surface area (Å²) in [6.45, 7) is 18.4. The molecule has 376 valence electrons. The molecule has 0 amide bonds. The number of rotatable bonds is 10. The van der Waals surface area contributed by atoms with Gasteiger partial charge in [0.15, 0.2) is 0 Å². The highest BCUT2D eigenvalue weighted by molar-refractivity contribution is 9.10. The van der Waals surface area contributed by atoms with Gasteiger partial charge in [-0.25, -0.2) is 0 Å². The first-order valence-corrected chi connectivity index (χ1v) is 30.6. The lowest BCUT2D eigenvalue weighted by molar-refractivity contribution is 0.416. The molecular formula is C68H86BrOP. The van der Waals surface area contributed by atoms with Crippen LogP contribution in [0.25, 0.3) is 34.4 Å². The summed E-state index contributed by atoms with van der Waals surface area (Å²) in [6.07, 6.45) is 31.8. The van der Waals surface area contributed by atoms with E-state index in [0.29, 0.717) is 0 Å². The second kappa shape index (κ2) is 23.2. The number of fused-ring (bicyclic) bond motifs is 4. The lowest BCUT2D eigenvalue weighted by atomic mass is 9.84. The van der Waals surface area contributed by atoms with Crippen molar-refractivity contribution in [2.75, 3.05) is 7.11 Å². The van der Waals surface area contributed by atoms with Crippen molar-refractivity contribution in [1.82, 2.24) is 0 Å². The SMILES string of the molecule is CC(C)CC1=Cc2cc3c(c(-c4ccc(C(C)(C)C)cc4)c2C1)CCC3.CC(C)CC1=Cc2cc3c(c(Br)c2C1)CCC3.COc1cccc(C)c1-c1ccccc1P(C1CCCCC1)C1CCCCC1. The lowest BCUT2D eigenvalue weighted by Crippen LogP contribution is -2.27. The molecule has 6 aliphatic rings. The second-order valence-corrected chi connectivity index (χ2v) is 27.8. The van der Waals surface area contributed by atoms with Crippen LogP contribution in [0.2, 0.25) is 0 Å². The maximum atomic E-state index is 5.81. The monoisotopic (exact) mass is 1030 g/mol. The Morgan fingerprint density at radius 2 is 1.14 bits per heavy atom. The summed E-state index contributed by atoms with van der Waals surface area (Å²) in [7, 11) is 1.69. The van der Waals surface area contributed by atoms with Crippen LogP contribution in [0.3, 0.4) is 0 Å². The molecule has 0 aliphatic heterocycles. The van der Waals surface area contributed by atoms with Gasteiger partial charge in [-0.2, -0.15) is 0 Å². The molecule has 0 N–H and O–H groups in total. The molecule has 71 heavy (non-hydrogen) atoms. The number of methoxy groups -OCH3 is 1. The van der Waals surface area contributed by atoms with E-state index in [2.05, 4.69) is 162 Å². The van der Waals surface area contributed by atoms with E-state index < -0.39 is 0 Å². The average molecular weight is 1030 g/mol. The summed E-state index contributed by atoms with van der Waals surface area (Å²) in [5, 5.41) is 1.66. The Bertz CT molecular complexity index is 2690. The second-order valence-electron chi connectivity index (χ2n) is 24.2. The van der Waals surface area contributed by atoms with Crippen molar-refractivity contribution < 1.29 is 4.74 Å². The zero-order valence-electron chi connectivity index (χ0n) is 45.3. The van der Waals surface area contributed by atoms with Gasteiger partial charge in [-0.3, -0.25) is 0 Å². The van der Waals surface area contributed by atoms with Gasteiger partial charge in [0.2, 0.25) is 0 Å². The van der Waals surface area contributed by atoms with Crippen molar-refractivity contribution in [2.45, 2.75) is 201 Å². The van der Waals surface area contributed by atoms with Crippen molar-refractivity contribution in [1.29, 1.82) is 0 Å². The molecule has 0 heterocycles. The maximum Gasteiger partial charge on any atom is 0.126 e. The highest BCUT2D eigenvalue weighted by Crippen LogP contribution is 2.57. The molecule has 0 saturated heterocycles. The molecule has 5 aromatic carbocycles. The Hall–Kier alpha value is -3.71. The van der Waals surface area contributed by atoms with E-state index in [1.807, 2.05) is 7.11 Å². The Labute approximate surface area is 441 Å². The number of benzene rings is 5. The van der Waals surface area contributed by atoms with Gasteiger partial charge in [-0.15, -0.1) is 0 Å². The Morgan fingerprint density at radius 1 is 0.592 bits per heavy atom. The summed E-state index contributed by atoms with van der Waals surface area (Å²) in [6, 6.07) is 30.2. The highest BCUT2D eigenvalue weighted by Gasteiger charge is 2.34. The quantitative estimate of drug-likeness (QED) is 0.127. The van der Waals surface area contributed by atoms with Gasteiger partial charge in [0.1, 0.15) is 5.75 Å². The number of hydrogen-bond acceptors (Lipinski definition) is 1. The average Bonchev–Trinajstić information content (AvgIpc) is 4.19. The van der Waals surface area contributed by atoms with E-state index in [1.54, 1.807) is 55.4 Å². The number of allylic oxidation sites excluding steroid dienone is 2. The minimum Gasteiger partial charge on any atom is -0.496 e. The Kier molecular flexibility index (Phi) is 17.1. The van der Waals surface area contributed by atoms with Crippen molar-refractivity contribution in [3.63, 3.8) is 0 Å². The molecule has 3 heteroatoms. The van der Waals surface area contributed by atoms with Crippen molar-refractivity contribution in [2.24, 2.45) is 11.8 Å². The molecule has 2 fully saturated rings. The van der Waals surface area contributed by atoms with Crippen LogP contribution in [0, 0.1) is 18.8 Å². The van der Waals surface area contributed by atoms with E-state index in [-0.39, 0.29) is 13.3 Å². The van der Waals surface area contributed by atoms with Crippen LogP contribution in [0.5, 0.6) is 5.75 Å². The molecule has 0 radical (unpaired) electrons. The zero-order chi connectivity index (χ0) is 49.8. The molecule has 0 unspecified atom stereocenters. The lowest BCUT2D eigenvalue weighted by Gasteiger charge is -2.39. The Balaban J connectivity index is 0.000000136. The van der Waals surface area contributed by atoms with Crippen LogP contribution in [0.4, 0.5) is 0 Å². The van der Waals surface area contributed by atoms with E-state index in [0.717, 1.165) is 35.3 Å². The summed E-state index contributed by atoms with van der Waals surface area (Å²) >= 11 is 3.84. The van der Waals surface area contributed by atoms with Crippen molar-refractivity contribution in [3.05, 3.63) is 150 Å². The van der Waals surface area contributed by atoms with Gasteiger partial charge in [0.25, 0.3) is 0 Å². The normalized spacial score (nSPS) is 17.5. The molecule has 11 rings (SSSR count). The predicted molar refractivity (Wildman–Crippen MR) is 315 cm³/mol. The van der Waals surface area contributed by atoms with Gasteiger partial charge in [0, 0.05) is 10.0 Å². The van der Waals surface area contributed by atoms with Crippen LogP contribution in [-0.4, -0.2) is 18.4 Å². The number of hydrogen-bond donors (Lipinski definition) is 0. The minimum atomic E-state index is -0.122. The third-order valence-electron chi connectivity index (χ3n) is 16.8. The van der Waals surface area contributed by atoms with Crippen LogP contribution in [-0.2, 0) is 43.9 Å². The standard InChI is InChI=1S/C26H35OP.C26H32.C16H19Br/c1-20-12-11-18-24(27-2)26(20)23-17-9-10-19-25(23)28(21-13-5-3-6-14-21)22-15-7-4-8-16-22;1-17(2)13-18-14-21-16-20-7-6-8-23(20)25(24(21)15-18)19-9-11-22(12-10-19)26(3,4)5;1-10(2)6-11-7-13-9-12-4-3-5-14(12)16(17)15(13)8-11/h9-12,17-19,21-22H,3-8,13-16H2,1-2H3;9-12,14,16-17H,6-8,13,15H2,1-5H3;7,9-10H,3-6,8H2,1-2H3. The molecule has 0 spiro atoms. The smallest absolute Gasteiger partial charge is 0.126 e. The van der Waals surface area contributed by atoms with Crippen LogP contribution in [0.1, 0.15) is 194 Å². The van der Waals surface area contributed by atoms with Gasteiger partial charge in [-0.1, -0.05) is 207 Å². The fourth-order valence-corrected chi connectivity index (χ4v) is 18.2. The maximum absolute atomic E-state index is 5.81. The van der Waals surface area contributed by atoms with Crippen LogP contribution >= 0.6 is 23.9 Å². The van der Waals surface area contributed by atoms with Gasteiger partial charge >= 0.3 is 0 Å². The largest absolute Gasteiger partial charge is 0.496 e. The molecular weight excluding hydrogens is 944 g/mol. The first-order valence-electron chi connectivity index (χ1n) is 28.3. The summed E-state index contributed by atoms with van der Waals surface area (Å²) in [5.41, 5.74) is 26.3. The molecule has 0 atom stereocenters. The van der Waals surface area contributed by atoms with E-state index in [9.17, 15) is 0 Å². The van der Waals surface area contributed by atoms with Crippen LogP contribution < -0.4 is 10.0 Å². The van der Waals surface area contributed by atoms with E-state index >= 15 is 0 Å². The minimum absolute atomic E-state index is 0.122. The number of aryl methyl sites for hydroxylation is 3. The fraction of sp³-hybridized carbons (Fsp3) is 0.500. The molecule has 2 saturated carbocycles. The van der Waals surface area contributed by atoms with Crippen molar-refractivity contribution in [3.8, 4) is 28.0 Å². The third-order valence-corrected chi connectivity index (χ3v) is 21.3. The number of halogens is 1. The summed E-state index contributed by atoms with van der Waals surface area (Å²) < 4.78 is 7.23. The molecule has 1 nitrogen and oxygen atoms in total. The van der Waals surface area contributed by atoms with E-state index in [4.69, 9.17) is 4.74 Å². The van der Waals surface area contributed by atoms with Gasteiger partial charge in [-0.05, 0) is 209 Å². The zero-order valence-corrected chi connectivity index (χ0v) is 47.8. The van der Waals surface area contributed by atoms with Crippen molar-refractivity contribution >= 4 is 41.3 Å². The first kappa shape index (κ1) is 52.2. The van der Waals surface area contributed by atoms with Crippen LogP contribution in [0.15, 0.2) is 94.5 Å². The fourth-order valence-electron chi connectivity index (χ4n) is 13.5. The molecule has 6 aliphatic carbocycles. The van der Waals surface area contributed by atoms with E-state index in [1.165, 1.54) is 165 Å². The Morgan fingerprint density at radius 3 is 1.72 bits per heavy atom.